The standard InChI is InChI=1S/C9H12N4O4S/c1-13-6-7(5-10)9(11-13)12-18(15,16)4-3-8(14)17-2/h6H,3-4H2,1-2H3,(H,11,12). The van der Waals surface area contributed by atoms with Gasteiger partial charge in [-0.3, -0.25) is 14.2 Å². The maximum Gasteiger partial charge on any atom is 0.306 e. The zero-order valence-electron chi connectivity index (χ0n) is 9.87. The van der Waals surface area contributed by atoms with Crippen molar-refractivity contribution in [1.29, 1.82) is 5.26 Å². The lowest BCUT2D eigenvalue weighted by molar-refractivity contribution is -0.140. The van der Waals surface area contributed by atoms with E-state index in [4.69, 9.17) is 5.26 Å². The minimum absolute atomic E-state index is 0.0511. The molecule has 9 heteroatoms. The lowest BCUT2D eigenvalue weighted by atomic mass is 10.4. The number of nitrogens with zero attached hydrogens (tertiary/aromatic N) is 3. The molecule has 18 heavy (non-hydrogen) atoms. The summed E-state index contributed by atoms with van der Waals surface area (Å²) in [6.07, 6.45) is 1.12. The minimum Gasteiger partial charge on any atom is -0.469 e. The van der Waals surface area contributed by atoms with Crippen LogP contribution in [-0.4, -0.2) is 37.0 Å². The smallest absolute Gasteiger partial charge is 0.306 e. The van der Waals surface area contributed by atoms with Crippen LogP contribution in [0.3, 0.4) is 0 Å². The van der Waals surface area contributed by atoms with Gasteiger partial charge in [-0.15, -0.1) is 0 Å². The number of anilines is 1. The van der Waals surface area contributed by atoms with Gasteiger partial charge in [0, 0.05) is 13.2 Å². The van der Waals surface area contributed by atoms with Gasteiger partial charge in [0.1, 0.15) is 11.6 Å². The van der Waals surface area contributed by atoms with Crippen molar-refractivity contribution >= 4 is 21.8 Å². The molecule has 0 aliphatic heterocycles. The number of sulfonamides is 1. The van der Waals surface area contributed by atoms with E-state index in [1.807, 2.05) is 6.07 Å². The molecule has 8 nitrogen and oxygen atoms in total. The first kappa shape index (κ1) is 14.0. The fraction of sp³-hybridized carbons (Fsp3) is 0.444. The normalized spacial score (nSPS) is 10.7. The zero-order valence-corrected chi connectivity index (χ0v) is 10.7. The molecule has 0 radical (unpaired) electrons. The van der Waals surface area contributed by atoms with Crippen LogP contribution in [0.15, 0.2) is 6.20 Å². The van der Waals surface area contributed by atoms with Crippen LogP contribution in [-0.2, 0) is 26.6 Å². The third-order valence-electron chi connectivity index (χ3n) is 2.00. The van der Waals surface area contributed by atoms with Crippen LogP contribution in [0, 0.1) is 11.3 Å². The third-order valence-corrected chi connectivity index (χ3v) is 3.25. The Labute approximate surface area is 104 Å². The van der Waals surface area contributed by atoms with Gasteiger partial charge in [0.2, 0.25) is 10.0 Å². The van der Waals surface area contributed by atoms with Crippen LogP contribution in [0.25, 0.3) is 0 Å². The molecular weight excluding hydrogens is 260 g/mol. The maximum absolute atomic E-state index is 11.6. The summed E-state index contributed by atoms with van der Waals surface area (Å²) >= 11 is 0. The van der Waals surface area contributed by atoms with E-state index in [9.17, 15) is 13.2 Å². The first-order chi connectivity index (χ1) is 8.38. The van der Waals surface area contributed by atoms with Crippen molar-refractivity contribution < 1.29 is 17.9 Å². The van der Waals surface area contributed by atoms with E-state index in [0.717, 1.165) is 0 Å². The molecule has 1 rings (SSSR count). The van der Waals surface area contributed by atoms with E-state index in [-0.39, 0.29) is 17.8 Å². The summed E-state index contributed by atoms with van der Waals surface area (Å²) in [5.74, 6) is -1.10. The van der Waals surface area contributed by atoms with Crippen molar-refractivity contribution in [3.05, 3.63) is 11.8 Å². The number of nitrogens with one attached hydrogen (secondary N) is 1. The van der Waals surface area contributed by atoms with E-state index < -0.39 is 21.7 Å². The fourth-order valence-corrected chi connectivity index (χ4v) is 2.15. The largest absolute Gasteiger partial charge is 0.469 e. The monoisotopic (exact) mass is 272 g/mol. The van der Waals surface area contributed by atoms with E-state index >= 15 is 0 Å². The summed E-state index contributed by atoms with van der Waals surface area (Å²) in [5, 5.41) is 12.6. The second-order valence-corrected chi connectivity index (χ2v) is 5.27. The van der Waals surface area contributed by atoms with Crippen LogP contribution in [0.2, 0.25) is 0 Å². The van der Waals surface area contributed by atoms with Crippen LogP contribution in [0.4, 0.5) is 5.82 Å². The molecule has 0 aromatic carbocycles. The van der Waals surface area contributed by atoms with Gasteiger partial charge in [-0.05, 0) is 0 Å². The molecule has 1 N–H and O–H groups in total. The van der Waals surface area contributed by atoms with Crippen molar-refractivity contribution in [2.45, 2.75) is 6.42 Å². The van der Waals surface area contributed by atoms with Crippen molar-refractivity contribution in [3.8, 4) is 6.07 Å². The highest BCUT2D eigenvalue weighted by Gasteiger charge is 2.17. The molecule has 98 valence electrons. The van der Waals surface area contributed by atoms with Crippen molar-refractivity contribution in [2.24, 2.45) is 7.05 Å². The Hall–Kier alpha value is -2.08. The van der Waals surface area contributed by atoms with Gasteiger partial charge in [-0.2, -0.15) is 10.4 Å². The van der Waals surface area contributed by atoms with E-state index in [2.05, 4.69) is 14.6 Å². The van der Waals surface area contributed by atoms with Crippen LogP contribution in [0.5, 0.6) is 0 Å². The number of methoxy groups -OCH3 is 1. The topological polar surface area (TPSA) is 114 Å². The van der Waals surface area contributed by atoms with Crippen LogP contribution in [0.1, 0.15) is 12.0 Å². The SMILES string of the molecule is COC(=O)CCS(=O)(=O)Nc1nn(C)cc1C#N. The summed E-state index contributed by atoms with van der Waals surface area (Å²) in [7, 11) is -0.999. The average molecular weight is 272 g/mol. The highest BCUT2D eigenvalue weighted by Crippen LogP contribution is 2.13. The van der Waals surface area contributed by atoms with Crippen LogP contribution >= 0.6 is 0 Å². The summed E-state index contributed by atoms with van der Waals surface area (Å²) in [6, 6.07) is 1.81. The van der Waals surface area contributed by atoms with Gasteiger partial charge in [-0.1, -0.05) is 0 Å². The predicted octanol–water partition coefficient (Wildman–Crippen LogP) is -0.403. The summed E-state index contributed by atoms with van der Waals surface area (Å²) in [6.45, 7) is 0. The molecule has 0 aliphatic carbocycles. The number of esters is 1. The molecule has 0 spiro atoms. The third kappa shape index (κ3) is 3.74. The maximum atomic E-state index is 11.6. The Kier molecular flexibility index (Phi) is 4.28. The van der Waals surface area contributed by atoms with Crippen molar-refractivity contribution in [3.63, 3.8) is 0 Å². The molecule has 0 aliphatic rings. The first-order valence-corrected chi connectivity index (χ1v) is 6.54. The first-order valence-electron chi connectivity index (χ1n) is 4.89. The fourth-order valence-electron chi connectivity index (χ4n) is 1.16. The Balaban J connectivity index is 2.77. The molecule has 1 heterocycles. The molecule has 0 bridgehead atoms. The number of ether oxygens (including phenoxy) is 1. The quantitative estimate of drug-likeness (QED) is 0.729. The Morgan fingerprint density at radius 2 is 2.33 bits per heavy atom. The number of aromatic nitrogens is 2. The number of hydrogen-bond donors (Lipinski definition) is 1. The second-order valence-electron chi connectivity index (χ2n) is 3.42. The Bertz CT molecular complexity index is 584. The van der Waals surface area contributed by atoms with Gasteiger partial charge in [0.05, 0.1) is 19.3 Å². The van der Waals surface area contributed by atoms with Crippen LogP contribution < -0.4 is 4.72 Å². The van der Waals surface area contributed by atoms with E-state index in [1.54, 1.807) is 7.05 Å². The number of rotatable bonds is 5. The van der Waals surface area contributed by atoms with Gasteiger partial charge < -0.3 is 4.74 Å². The molecule has 1 aromatic heterocycles. The number of hydrogen-bond acceptors (Lipinski definition) is 6. The van der Waals surface area contributed by atoms with Crippen molar-refractivity contribution in [2.75, 3.05) is 17.6 Å². The summed E-state index contributed by atoms with van der Waals surface area (Å²) < 4.78 is 31.0. The van der Waals surface area contributed by atoms with E-state index in [0.29, 0.717) is 0 Å². The van der Waals surface area contributed by atoms with E-state index in [1.165, 1.54) is 18.0 Å². The molecule has 0 saturated heterocycles. The second kappa shape index (κ2) is 5.50. The van der Waals surface area contributed by atoms with Gasteiger partial charge in [0.25, 0.3) is 0 Å². The minimum atomic E-state index is -3.74. The molecular formula is C9H12N4O4S. The lowest BCUT2D eigenvalue weighted by Crippen LogP contribution is -2.20. The van der Waals surface area contributed by atoms with Gasteiger partial charge >= 0.3 is 5.97 Å². The molecule has 0 saturated carbocycles. The van der Waals surface area contributed by atoms with Gasteiger partial charge in [0.15, 0.2) is 5.82 Å². The summed E-state index contributed by atoms with van der Waals surface area (Å²) in [5.41, 5.74) is 0.110. The number of carbonyl (C=O) groups excluding carboxylic acids is 1. The molecule has 0 unspecified atom stereocenters. The summed E-state index contributed by atoms with van der Waals surface area (Å²) in [4.78, 5) is 10.9. The molecule has 1 aromatic rings. The lowest BCUT2D eigenvalue weighted by Gasteiger charge is -2.04. The number of carbonyl (C=O) groups is 1. The highest BCUT2D eigenvalue weighted by molar-refractivity contribution is 7.92. The number of aryl methyl sites for hydroxylation is 1. The van der Waals surface area contributed by atoms with Crippen molar-refractivity contribution in [1.82, 2.24) is 9.78 Å². The zero-order chi connectivity index (χ0) is 13.8. The average Bonchev–Trinajstić information content (AvgIpc) is 2.65. The molecule has 0 atom stereocenters. The Morgan fingerprint density at radius 1 is 1.67 bits per heavy atom. The van der Waals surface area contributed by atoms with Gasteiger partial charge in [-0.25, -0.2) is 8.42 Å². The molecule has 0 fully saturated rings. The highest BCUT2D eigenvalue weighted by atomic mass is 32.2. The Morgan fingerprint density at radius 3 is 2.89 bits per heavy atom. The molecule has 0 amide bonds. The number of nitriles is 1. The predicted molar refractivity (Wildman–Crippen MR) is 62.0 cm³/mol.